The third kappa shape index (κ3) is 2.92. The van der Waals surface area contributed by atoms with Crippen LogP contribution in [0.1, 0.15) is 22.9 Å². The van der Waals surface area contributed by atoms with Crippen LogP contribution in [0, 0.1) is 5.92 Å². The second-order valence-electron chi connectivity index (χ2n) is 5.06. The van der Waals surface area contributed by atoms with Crippen molar-refractivity contribution in [2.24, 2.45) is 5.92 Å². The average molecular weight is 286 g/mol. The molecule has 0 saturated carbocycles. The van der Waals surface area contributed by atoms with E-state index in [1.807, 2.05) is 24.3 Å². The molecule has 3 nitrogen and oxygen atoms in total. The molecule has 2 aromatic rings. The van der Waals surface area contributed by atoms with Gasteiger partial charge >= 0.3 is 0 Å². The van der Waals surface area contributed by atoms with Gasteiger partial charge in [-0.1, -0.05) is 36.4 Å². The van der Waals surface area contributed by atoms with E-state index < -0.39 is 0 Å². The van der Waals surface area contributed by atoms with Crippen LogP contribution in [0.15, 0.2) is 47.8 Å². The molecular weight excluding hydrogens is 268 g/mol. The van der Waals surface area contributed by atoms with Crippen LogP contribution in [-0.2, 0) is 4.79 Å². The normalized spacial score (nSPS) is 19.7. The van der Waals surface area contributed by atoms with Crippen molar-refractivity contribution >= 4 is 17.2 Å². The number of nitrogens with one attached hydrogen (secondary N) is 2. The van der Waals surface area contributed by atoms with Crippen molar-refractivity contribution in [3.63, 3.8) is 0 Å². The van der Waals surface area contributed by atoms with E-state index >= 15 is 0 Å². The zero-order valence-electron chi connectivity index (χ0n) is 11.2. The summed E-state index contributed by atoms with van der Waals surface area (Å²) < 4.78 is 0. The van der Waals surface area contributed by atoms with Crippen molar-refractivity contribution in [1.29, 1.82) is 0 Å². The van der Waals surface area contributed by atoms with Crippen LogP contribution in [0.2, 0.25) is 0 Å². The molecule has 1 fully saturated rings. The summed E-state index contributed by atoms with van der Waals surface area (Å²) in [5, 5.41) is 8.50. The quantitative estimate of drug-likeness (QED) is 0.907. The topological polar surface area (TPSA) is 41.1 Å². The standard InChI is InChI=1S/C16H18N2OS/c19-16(13-8-9-17-11-13)18-15(14-7-4-10-20-14)12-5-2-1-3-6-12/h1-7,10,13,15,17H,8-9,11H2,(H,18,19). The highest BCUT2D eigenvalue weighted by Gasteiger charge is 2.26. The summed E-state index contributed by atoms with van der Waals surface area (Å²) in [6.45, 7) is 1.73. The fourth-order valence-corrected chi connectivity index (χ4v) is 3.36. The smallest absolute Gasteiger partial charge is 0.225 e. The van der Waals surface area contributed by atoms with Crippen LogP contribution in [-0.4, -0.2) is 19.0 Å². The van der Waals surface area contributed by atoms with Gasteiger partial charge in [0, 0.05) is 11.4 Å². The lowest BCUT2D eigenvalue weighted by molar-refractivity contribution is -0.124. The van der Waals surface area contributed by atoms with Crippen molar-refractivity contribution in [2.45, 2.75) is 12.5 Å². The molecule has 4 heteroatoms. The lowest BCUT2D eigenvalue weighted by Crippen LogP contribution is -2.35. The molecule has 20 heavy (non-hydrogen) atoms. The third-order valence-corrected chi connectivity index (χ3v) is 4.62. The lowest BCUT2D eigenvalue weighted by Gasteiger charge is -2.20. The predicted molar refractivity (Wildman–Crippen MR) is 81.7 cm³/mol. The van der Waals surface area contributed by atoms with Gasteiger partial charge in [-0.3, -0.25) is 4.79 Å². The summed E-state index contributed by atoms with van der Waals surface area (Å²) in [5.41, 5.74) is 1.13. The van der Waals surface area contributed by atoms with E-state index in [0.29, 0.717) is 0 Å². The van der Waals surface area contributed by atoms with E-state index in [1.165, 1.54) is 4.88 Å². The van der Waals surface area contributed by atoms with Gasteiger partial charge in [-0.25, -0.2) is 0 Å². The van der Waals surface area contributed by atoms with Gasteiger partial charge in [0.1, 0.15) is 0 Å². The van der Waals surface area contributed by atoms with Crippen LogP contribution < -0.4 is 10.6 Å². The molecule has 0 bridgehead atoms. The van der Waals surface area contributed by atoms with Gasteiger partial charge in [-0.05, 0) is 30.0 Å². The number of benzene rings is 1. The Hall–Kier alpha value is -1.65. The first-order chi connectivity index (χ1) is 9.84. The molecule has 2 heterocycles. The summed E-state index contributed by atoms with van der Waals surface area (Å²) in [4.78, 5) is 13.6. The molecular formula is C16H18N2OS. The first-order valence-electron chi connectivity index (χ1n) is 6.94. The van der Waals surface area contributed by atoms with Crippen molar-refractivity contribution in [3.05, 3.63) is 58.3 Å². The second kappa shape index (κ2) is 6.20. The third-order valence-electron chi connectivity index (χ3n) is 3.68. The molecule has 0 aliphatic carbocycles. The Labute approximate surface area is 123 Å². The number of hydrogen-bond acceptors (Lipinski definition) is 3. The molecule has 1 aromatic heterocycles. The van der Waals surface area contributed by atoms with Crippen molar-refractivity contribution in [3.8, 4) is 0 Å². The summed E-state index contributed by atoms with van der Waals surface area (Å²) in [6, 6.07) is 14.2. The lowest BCUT2D eigenvalue weighted by atomic mass is 10.0. The van der Waals surface area contributed by atoms with Crippen molar-refractivity contribution in [1.82, 2.24) is 10.6 Å². The van der Waals surface area contributed by atoms with E-state index in [2.05, 4.69) is 34.2 Å². The zero-order chi connectivity index (χ0) is 13.8. The van der Waals surface area contributed by atoms with Gasteiger partial charge in [0.05, 0.1) is 12.0 Å². The monoisotopic (exact) mass is 286 g/mol. The van der Waals surface area contributed by atoms with Gasteiger partial charge in [-0.2, -0.15) is 0 Å². The Morgan fingerprint density at radius 1 is 1.25 bits per heavy atom. The van der Waals surface area contributed by atoms with Crippen molar-refractivity contribution < 1.29 is 4.79 Å². The van der Waals surface area contributed by atoms with E-state index in [4.69, 9.17) is 0 Å². The van der Waals surface area contributed by atoms with Gasteiger partial charge in [0.15, 0.2) is 0 Å². The van der Waals surface area contributed by atoms with Crippen molar-refractivity contribution in [2.75, 3.05) is 13.1 Å². The van der Waals surface area contributed by atoms with Crippen LogP contribution in [0.3, 0.4) is 0 Å². The Kier molecular flexibility index (Phi) is 4.14. The van der Waals surface area contributed by atoms with Crippen LogP contribution in [0.4, 0.5) is 0 Å². The van der Waals surface area contributed by atoms with E-state index in [0.717, 1.165) is 25.1 Å². The highest BCUT2D eigenvalue weighted by atomic mass is 32.1. The SMILES string of the molecule is O=C(NC(c1ccccc1)c1cccs1)C1CCNC1. The minimum atomic E-state index is -0.0377. The number of hydrogen-bond donors (Lipinski definition) is 2. The molecule has 3 rings (SSSR count). The number of amides is 1. The van der Waals surface area contributed by atoms with Gasteiger partial charge in [-0.15, -0.1) is 11.3 Å². The highest BCUT2D eigenvalue weighted by Crippen LogP contribution is 2.26. The van der Waals surface area contributed by atoms with E-state index in [-0.39, 0.29) is 17.9 Å². The average Bonchev–Trinajstić information content (AvgIpc) is 3.18. The maximum absolute atomic E-state index is 12.4. The minimum absolute atomic E-state index is 0.0377. The Morgan fingerprint density at radius 3 is 2.75 bits per heavy atom. The highest BCUT2D eigenvalue weighted by molar-refractivity contribution is 7.10. The molecule has 2 N–H and O–H groups in total. The Bertz CT molecular complexity index is 547. The fraction of sp³-hybridized carbons (Fsp3) is 0.312. The molecule has 2 atom stereocenters. The summed E-state index contributed by atoms with van der Waals surface area (Å²) in [7, 11) is 0. The molecule has 1 aromatic carbocycles. The minimum Gasteiger partial charge on any atom is -0.344 e. The number of rotatable bonds is 4. The molecule has 1 saturated heterocycles. The van der Waals surface area contributed by atoms with E-state index in [1.54, 1.807) is 11.3 Å². The van der Waals surface area contributed by atoms with Crippen LogP contribution in [0.5, 0.6) is 0 Å². The summed E-state index contributed by atoms with van der Waals surface area (Å²) in [5.74, 6) is 0.249. The molecule has 104 valence electrons. The Balaban J connectivity index is 1.81. The number of carbonyl (C=O) groups is 1. The van der Waals surface area contributed by atoms with Crippen LogP contribution in [0.25, 0.3) is 0 Å². The van der Waals surface area contributed by atoms with E-state index in [9.17, 15) is 4.79 Å². The zero-order valence-corrected chi connectivity index (χ0v) is 12.0. The first kappa shape index (κ1) is 13.3. The Morgan fingerprint density at radius 2 is 2.10 bits per heavy atom. The van der Waals surface area contributed by atoms with Gasteiger partial charge < -0.3 is 10.6 Å². The molecule has 1 aliphatic heterocycles. The maximum Gasteiger partial charge on any atom is 0.225 e. The molecule has 1 amide bonds. The number of thiophene rings is 1. The molecule has 2 unspecified atom stereocenters. The molecule has 1 aliphatic rings. The fourth-order valence-electron chi connectivity index (χ4n) is 2.56. The predicted octanol–water partition coefficient (Wildman–Crippen LogP) is 2.56. The van der Waals surface area contributed by atoms with Gasteiger partial charge in [0.2, 0.25) is 5.91 Å². The summed E-state index contributed by atoms with van der Waals surface area (Å²) in [6.07, 6.45) is 0.928. The summed E-state index contributed by atoms with van der Waals surface area (Å²) >= 11 is 1.68. The molecule has 0 spiro atoms. The van der Waals surface area contributed by atoms with Crippen LogP contribution >= 0.6 is 11.3 Å². The second-order valence-corrected chi connectivity index (χ2v) is 6.04. The largest absolute Gasteiger partial charge is 0.344 e. The molecule has 0 radical (unpaired) electrons. The first-order valence-corrected chi connectivity index (χ1v) is 7.82. The number of carbonyl (C=O) groups excluding carboxylic acids is 1. The maximum atomic E-state index is 12.4. The van der Waals surface area contributed by atoms with Gasteiger partial charge in [0.25, 0.3) is 0 Å².